The van der Waals surface area contributed by atoms with Gasteiger partial charge in [0.2, 0.25) is 0 Å². The van der Waals surface area contributed by atoms with Crippen LogP contribution in [0.3, 0.4) is 0 Å². The SMILES string of the molecule is CCN(Cc1ccc(CCN2CCCCC2)cc1)c1ccccc1C1CCc2cc(O)ccc2C1. The summed E-state index contributed by atoms with van der Waals surface area (Å²) in [5.41, 5.74) is 8.37. The van der Waals surface area contributed by atoms with Crippen LogP contribution in [-0.2, 0) is 25.8 Å². The Kier molecular flexibility index (Phi) is 7.73. The molecule has 1 atom stereocenters. The van der Waals surface area contributed by atoms with E-state index >= 15 is 0 Å². The van der Waals surface area contributed by atoms with Gasteiger partial charge >= 0.3 is 0 Å². The molecule has 3 aromatic carbocycles. The predicted molar refractivity (Wildman–Crippen MR) is 146 cm³/mol. The van der Waals surface area contributed by atoms with E-state index in [9.17, 15) is 5.11 Å². The highest BCUT2D eigenvalue weighted by atomic mass is 16.3. The molecule has 1 fully saturated rings. The minimum absolute atomic E-state index is 0.386. The molecular weight excluding hydrogens is 428 g/mol. The number of hydrogen-bond donors (Lipinski definition) is 1. The van der Waals surface area contributed by atoms with Gasteiger partial charge in [-0.1, -0.05) is 55.0 Å². The average Bonchev–Trinajstić information content (AvgIpc) is 2.91. The molecule has 0 bridgehead atoms. The Balaban J connectivity index is 1.26. The molecule has 1 aliphatic carbocycles. The van der Waals surface area contributed by atoms with Crippen LogP contribution in [0.2, 0.25) is 0 Å². The van der Waals surface area contributed by atoms with E-state index in [0.29, 0.717) is 11.7 Å². The maximum Gasteiger partial charge on any atom is 0.115 e. The van der Waals surface area contributed by atoms with Crippen LogP contribution in [-0.4, -0.2) is 36.2 Å². The summed E-state index contributed by atoms with van der Waals surface area (Å²) in [7, 11) is 0. The third-order valence-corrected chi connectivity index (χ3v) is 8.08. The van der Waals surface area contributed by atoms with Crippen LogP contribution >= 0.6 is 0 Å². The quantitative estimate of drug-likeness (QED) is 0.397. The summed E-state index contributed by atoms with van der Waals surface area (Å²) in [6.07, 6.45) is 8.51. The number of piperidine rings is 1. The zero-order valence-electron chi connectivity index (χ0n) is 21.3. The van der Waals surface area contributed by atoms with Gasteiger partial charge in [-0.25, -0.2) is 0 Å². The van der Waals surface area contributed by atoms with Crippen molar-refractivity contribution in [2.45, 2.75) is 64.3 Å². The molecule has 0 amide bonds. The highest BCUT2D eigenvalue weighted by Gasteiger charge is 2.24. The number of aromatic hydroxyl groups is 1. The van der Waals surface area contributed by atoms with Crippen LogP contribution < -0.4 is 4.90 Å². The van der Waals surface area contributed by atoms with Crippen molar-refractivity contribution in [3.8, 4) is 5.75 Å². The monoisotopic (exact) mass is 468 g/mol. The molecule has 3 aromatic rings. The molecule has 1 unspecified atom stereocenters. The molecular formula is C32H40N2O. The number of phenols is 1. The van der Waals surface area contributed by atoms with Gasteiger partial charge < -0.3 is 14.9 Å². The van der Waals surface area contributed by atoms with E-state index in [2.05, 4.69) is 71.3 Å². The van der Waals surface area contributed by atoms with E-state index in [4.69, 9.17) is 0 Å². The number of rotatable bonds is 8. The summed E-state index contributed by atoms with van der Waals surface area (Å²) in [5.74, 6) is 0.909. The van der Waals surface area contributed by atoms with Crippen LogP contribution in [0.5, 0.6) is 5.75 Å². The van der Waals surface area contributed by atoms with Crippen molar-refractivity contribution in [3.63, 3.8) is 0 Å². The second-order valence-corrected chi connectivity index (χ2v) is 10.4. The molecule has 35 heavy (non-hydrogen) atoms. The summed E-state index contributed by atoms with van der Waals surface area (Å²) >= 11 is 0. The second kappa shape index (κ2) is 11.3. The van der Waals surface area contributed by atoms with Crippen LogP contribution in [0.1, 0.15) is 66.3 Å². The molecule has 1 heterocycles. The fourth-order valence-electron chi connectivity index (χ4n) is 6.00. The summed E-state index contributed by atoms with van der Waals surface area (Å²) in [6.45, 7) is 7.94. The van der Waals surface area contributed by atoms with Crippen LogP contribution in [0.4, 0.5) is 5.69 Å². The Morgan fingerprint density at radius 1 is 0.886 bits per heavy atom. The molecule has 0 aromatic heterocycles. The van der Waals surface area contributed by atoms with Crippen LogP contribution in [0.15, 0.2) is 66.7 Å². The smallest absolute Gasteiger partial charge is 0.115 e. The van der Waals surface area contributed by atoms with Gasteiger partial charge in [0.1, 0.15) is 5.75 Å². The number of para-hydroxylation sites is 1. The molecule has 2 aliphatic rings. The van der Waals surface area contributed by atoms with Gasteiger partial charge in [0, 0.05) is 25.3 Å². The van der Waals surface area contributed by atoms with Crippen molar-refractivity contribution in [2.75, 3.05) is 31.1 Å². The maximum absolute atomic E-state index is 9.86. The highest BCUT2D eigenvalue weighted by Crippen LogP contribution is 2.38. The number of hydrogen-bond acceptors (Lipinski definition) is 3. The van der Waals surface area contributed by atoms with Crippen molar-refractivity contribution in [1.29, 1.82) is 0 Å². The van der Waals surface area contributed by atoms with Gasteiger partial charge in [-0.2, -0.15) is 0 Å². The van der Waals surface area contributed by atoms with E-state index in [1.165, 1.54) is 72.4 Å². The molecule has 0 saturated carbocycles. The summed E-state index contributed by atoms with van der Waals surface area (Å²) < 4.78 is 0. The standard InChI is InChI=1S/C32H40N2O/c1-2-34(24-26-12-10-25(11-13-26)18-21-33-19-6-3-7-20-33)32-9-5-4-8-31(32)29-15-14-28-23-30(35)17-16-27(28)22-29/h4-5,8-13,16-17,23,29,35H,2-3,6-7,14-15,18-22,24H2,1H3. The van der Waals surface area contributed by atoms with E-state index < -0.39 is 0 Å². The first-order valence-corrected chi connectivity index (χ1v) is 13.6. The molecule has 0 radical (unpaired) electrons. The Morgan fingerprint density at radius 2 is 1.66 bits per heavy atom. The third-order valence-electron chi connectivity index (χ3n) is 8.08. The van der Waals surface area contributed by atoms with Crippen molar-refractivity contribution in [3.05, 3.63) is 94.5 Å². The molecule has 3 heteroatoms. The van der Waals surface area contributed by atoms with Gasteiger partial charge in [-0.3, -0.25) is 0 Å². The summed E-state index contributed by atoms with van der Waals surface area (Å²) in [5, 5.41) is 9.86. The fourth-order valence-corrected chi connectivity index (χ4v) is 6.00. The topological polar surface area (TPSA) is 26.7 Å². The van der Waals surface area contributed by atoms with E-state index in [0.717, 1.165) is 38.8 Å². The number of aryl methyl sites for hydroxylation is 1. The Hall–Kier alpha value is -2.78. The first-order valence-electron chi connectivity index (χ1n) is 13.6. The molecule has 1 saturated heterocycles. The second-order valence-electron chi connectivity index (χ2n) is 10.4. The third kappa shape index (κ3) is 5.90. The van der Waals surface area contributed by atoms with Gasteiger partial charge in [-0.05, 0) is 110 Å². The molecule has 1 N–H and O–H groups in total. The van der Waals surface area contributed by atoms with Crippen molar-refractivity contribution in [1.82, 2.24) is 4.90 Å². The van der Waals surface area contributed by atoms with Crippen molar-refractivity contribution >= 4 is 5.69 Å². The van der Waals surface area contributed by atoms with E-state index in [1.54, 1.807) is 0 Å². The van der Waals surface area contributed by atoms with Crippen molar-refractivity contribution in [2.24, 2.45) is 0 Å². The highest BCUT2D eigenvalue weighted by molar-refractivity contribution is 5.56. The molecule has 0 spiro atoms. The number of phenolic OH excluding ortho intramolecular Hbond substituents is 1. The Bertz CT molecular complexity index is 1100. The number of benzene rings is 3. The van der Waals surface area contributed by atoms with E-state index in [-0.39, 0.29) is 0 Å². The van der Waals surface area contributed by atoms with Crippen molar-refractivity contribution < 1.29 is 5.11 Å². The lowest BCUT2D eigenvalue weighted by Gasteiger charge is -2.31. The van der Waals surface area contributed by atoms with E-state index in [1.807, 2.05) is 12.1 Å². The lowest BCUT2D eigenvalue weighted by atomic mass is 9.79. The number of likely N-dealkylation sites (tertiary alicyclic amines) is 1. The number of anilines is 1. The molecule has 184 valence electrons. The Labute approximate surface area is 211 Å². The van der Waals surface area contributed by atoms with Gasteiger partial charge in [0.05, 0.1) is 0 Å². The van der Waals surface area contributed by atoms with Crippen LogP contribution in [0.25, 0.3) is 0 Å². The largest absolute Gasteiger partial charge is 0.508 e. The fraction of sp³-hybridized carbons (Fsp3) is 0.438. The predicted octanol–water partition coefficient (Wildman–Crippen LogP) is 6.72. The number of fused-ring (bicyclic) bond motifs is 1. The zero-order valence-corrected chi connectivity index (χ0v) is 21.3. The summed E-state index contributed by atoms with van der Waals surface area (Å²) in [6, 6.07) is 24.3. The first kappa shape index (κ1) is 23.9. The zero-order chi connectivity index (χ0) is 24.0. The lowest BCUT2D eigenvalue weighted by molar-refractivity contribution is 0.231. The lowest BCUT2D eigenvalue weighted by Crippen LogP contribution is -2.31. The molecule has 3 nitrogen and oxygen atoms in total. The summed E-state index contributed by atoms with van der Waals surface area (Å²) in [4.78, 5) is 5.16. The van der Waals surface area contributed by atoms with Crippen LogP contribution in [0, 0.1) is 0 Å². The van der Waals surface area contributed by atoms with Gasteiger partial charge in [0.15, 0.2) is 0 Å². The molecule has 1 aliphatic heterocycles. The average molecular weight is 469 g/mol. The Morgan fingerprint density at radius 3 is 2.46 bits per heavy atom. The minimum atomic E-state index is 0.386. The first-order chi connectivity index (χ1) is 17.2. The minimum Gasteiger partial charge on any atom is -0.508 e. The number of nitrogens with zero attached hydrogens (tertiary/aromatic N) is 2. The van der Waals surface area contributed by atoms with Gasteiger partial charge in [-0.15, -0.1) is 0 Å². The molecule has 5 rings (SSSR count). The van der Waals surface area contributed by atoms with Gasteiger partial charge in [0.25, 0.3) is 0 Å². The maximum atomic E-state index is 9.86. The normalized spacial score (nSPS) is 18.3.